The van der Waals surface area contributed by atoms with Crippen LogP contribution in [-0.2, 0) is 0 Å². The Kier molecular flexibility index (Phi) is 6.62. The monoisotopic (exact) mass is 332 g/mol. The maximum atomic E-state index is 12.2. The van der Waals surface area contributed by atoms with E-state index in [1.807, 2.05) is 35.7 Å². The molecule has 1 amide bonds. The number of nitrogens with zero attached hydrogens (tertiary/aromatic N) is 1. The lowest BCUT2D eigenvalue weighted by atomic mass is 10.0. The van der Waals surface area contributed by atoms with Gasteiger partial charge in [-0.3, -0.25) is 9.69 Å². The summed E-state index contributed by atoms with van der Waals surface area (Å²) in [7, 11) is 1.67. The van der Waals surface area contributed by atoms with Crippen molar-refractivity contribution in [2.45, 2.75) is 19.9 Å². The van der Waals surface area contributed by atoms with E-state index in [0.717, 1.165) is 29.3 Å². The van der Waals surface area contributed by atoms with Crippen LogP contribution in [0.4, 0.5) is 0 Å². The molecule has 0 saturated carbocycles. The van der Waals surface area contributed by atoms with E-state index >= 15 is 0 Å². The minimum absolute atomic E-state index is 0.0138. The first kappa shape index (κ1) is 17.5. The van der Waals surface area contributed by atoms with Crippen LogP contribution < -0.4 is 10.1 Å². The van der Waals surface area contributed by atoms with E-state index in [2.05, 4.69) is 30.1 Å². The first-order valence-corrected chi connectivity index (χ1v) is 8.77. The van der Waals surface area contributed by atoms with E-state index in [-0.39, 0.29) is 11.9 Å². The Hall–Kier alpha value is -1.85. The molecule has 124 valence electrons. The van der Waals surface area contributed by atoms with E-state index in [0.29, 0.717) is 6.54 Å². The third-order valence-corrected chi connectivity index (χ3v) is 4.80. The van der Waals surface area contributed by atoms with Crippen molar-refractivity contribution >= 4 is 17.2 Å². The molecule has 2 rings (SSSR count). The van der Waals surface area contributed by atoms with Gasteiger partial charge in [-0.25, -0.2) is 0 Å². The predicted molar refractivity (Wildman–Crippen MR) is 95.3 cm³/mol. The van der Waals surface area contributed by atoms with Gasteiger partial charge < -0.3 is 10.1 Å². The van der Waals surface area contributed by atoms with Crippen LogP contribution >= 0.6 is 11.3 Å². The number of carbonyl (C=O) groups is 1. The van der Waals surface area contributed by atoms with Crippen LogP contribution in [0.3, 0.4) is 0 Å². The number of likely N-dealkylation sites (N-methyl/N-ethyl adjacent to an activating group) is 1. The molecule has 0 aliphatic rings. The first-order valence-electron chi connectivity index (χ1n) is 7.89. The summed E-state index contributed by atoms with van der Waals surface area (Å²) >= 11 is 1.46. The highest BCUT2D eigenvalue weighted by molar-refractivity contribution is 7.12. The highest BCUT2D eigenvalue weighted by atomic mass is 32.1. The van der Waals surface area contributed by atoms with E-state index in [1.54, 1.807) is 7.11 Å². The Morgan fingerprint density at radius 3 is 2.65 bits per heavy atom. The van der Waals surface area contributed by atoms with Crippen molar-refractivity contribution in [3.05, 3.63) is 52.2 Å². The molecule has 1 atom stereocenters. The van der Waals surface area contributed by atoms with Crippen molar-refractivity contribution < 1.29 is 9.53 Å². The molecule has 1 N–H and O–H groups in total. The Balaban J connectivity index is 2.15. The first-order chi connectivity index (χ1) is 11.2. The van der Waals surface area contributed by atoms with Gasteiger partial charge in [0.25, 0.3) is 5.91 Å². The molecule has 1 aromatic carbocycles. The summed E-state index contributed by atoms with van der Waals surface area (Å²) in [6, 6.07) is 11.9. The molecular weight excluding hydrogens is 308 g/mol. The van der Waals surface area contributed by atoms with Gasteiger partial charge in [0.1, 0.15) is 5.75 Å². The molecule has 2 aromatic rings. The molecular formula is C18H24N2O2S. The number of hydrogen-bond donors (Lipinski definition) is 1. The number of benzene rings is 1. The second-order valence-electron chi connectivity index (χ2n) is 5.20. The molecule has 0 aliphatic carbocycles. The van der Waals surface area contributed by atoms with Gasteiger partial charge in [0.15, 0.2) is 0 Å². The van der Waals surface area contributed by atoms with Crippen molar-refractivity contribution in [2.75, 3.05) is 26.7 Å². The third kappa shape index (κ3) is 4.56. The van der Waals surface area contributed by atoms with Crippen LogP contribution in [0, 0.1) is 0 Å². The van der Waals surface area contributed by atoms with E-state index in [9.17, 15) is 4.79 Å². The fourth-order valence-electron chi connectivity index (χ4n) is 2.66. The van der Waals surface area contributed by atoms with Crippen LogP contribution in [0.25, 0.3) is 0 Å². The van der Waals surface area contributed by atoms with Crippen LogP contribution in [0.1, 0.15) is 35.1 Å². The topological polar surface area (TPSA) is 41.6 Å². The highest BCUT2D eigenvalue weighted by Gasteiger charge is 2.20. The lowest BCUT2D eigenvalue weighted by Gasteiger charge is -2.30. The van der Waals surface area contributed by atoms with Gasteiger partial charge in [0.05, 0.1) is 18.0 Å². The number of rotatable bonds is 8. The molecule has 0 aliphatic heterocycles. The lowest BCUT2D eigenvalue weighted by molar-refractivity contribution is 0.0939. The van der Waals surface area contributed by atoms with Crippen molar-refractivity contribution in [3.8, 4) is 5.75 Å². The number of methoxy groups -OCH3 is 1. The summed E-state index contributed by atoms with van der Waals surface area (Å²) in [4.78, 5) is 15.3. The Morgan fingerprint density at radius 1 is 1.26 bits per heavy atom. The predicted octanol–water partition coefficient (Wildman–Crippen LogP) is 3.57. The number of thiophene rings is 1. The van der Waals surface area contributed by atoms with Gasteiger partial charge in [-0.1, -0.05) is 32.0 Å². The molecule has 23 heavy (non-hydrogen) atoms. The zero-order valence-corrected chi connectivity index (χ0v) is 14.7. The number of ether oxygens (including phenoxy) is 1. The minimum Gasteiger partial charge on any atom is -0.497 e. The number of amides is 1. The molecule has 5 heteroatoms. The van der Waals surface area contributed by atoms with Gasteiger partial charge in [-0.05, 0) is 42.2 Å². The average molecular weight is 332 g/mol. The minimum atomic E-state index is -0.0138. The largest absolute Gasteiger partial charge is 0.497 e. The van der Waals surface area contributed by atoms with Crippen LogP contribution in [-0.4, -0.2) is 37.6 Å². The standard InChI is InChI=1S/C18H24N2O2S/c1-4-20(5-2)16(14-8-6-9-15(12-14)22-3)13-19-18(21)17-10-7-11-23-17/h6-12,16H,4-5,13H2,1-3H3,(H,19,21)/t16-/m0/s1. The van der Waals surface area contributed by atoms with Gasteiger partial charge >= 0.3 is 0 Å². The molecule has 0 radical (unpaired) electrons. The summed E-state index contributed by atoms with van der Waals surface area (Å²) in [5.41, 5.74) is 1.15. The average Bonchev–Trinajstić information content (AvgIpc) is 3.13. The third-order valence-electron chi connectivity index (χ3n) is 3.93. The van der Waals surface area contributed by atoms with Crippen LogP contribution in [0.2, 0.25) is 0 Å². The molecule has 1 aromatic heterocycles. The summed E-state index contributed by atoms with van der Waals surface area (Å²) in [6.07, 6.45) is 0. The van der Waals surface area contributed by atoms with Gasteiger partial charge in [-0.15, -0.1) is 11.3 Å². The molecule has 0 saturated heterocycles. The summed E-state index contributed by atoms with van der Waals surface area (Å²) in [6.45, 7) is 6.70. The normalized spacial score (nSPS) is 12.2. The summed E-state index contributed by atoms with van der Waals surface area (Å²) in [5, 5.41) is 4.97. The van der Waals surface area contributed by atoms with Gasteiger partial charge in [0, 0.05) is 6.54 Å². The van der Waals surface area contributed by atoms with Crippen LogP contribution in [0.15, 0.2) is 41.8 Å². The SMILES string of the molecule is CCN(CC)[C@@H](CNC(=O)c1cccs1)c1cccc(OC)c1. The second-order valence-corrected chi connectivity index (χ2v) is 6.15. The maximum absolute atomic E-state index is 12.2. The van der Waals surface area contributed by atoms with Crippen molar-refractivity contribution in [1.82, 2.24) is 10.2 Å². The quantitative estimate of drug-likeness (QED) is 0.803. The number of nitrogens with one attached hydrogen (secondary N) is 1. The fraction of sp³-hybridized carbons (Fsp3) is 0.389. The van der Waals surface area contributed by atoms with Crippen molar-refractivity contribution in [2.24, 2.45) is 0 Å². The Morgan fingerprint density at radius 2 is 2.04 bits per heavy atom. The molecule has 0 unspecified atom stereocenters. The fourth-order valence-corrected chi connectivity index (χ4v) is 3.30. The molecule has 0 bridgehead atoms. The summed E-state index contributed by atoms with van der Waals surface area (Å²) in [5.74, 6) is 0.823. The van der Waals surface area contributed by atoms with E-state index in [4.69, 9.17) is 4.74 Å². The molecule has 4 nitrogen and oxygen atoms in total. The molecule has 0 fully saturated rings. The highest BCUT2D eigenvalue weighted by Crippen LogP contribution is 2.24. The van der Waals surface area contributed by atoms with Crippen molar-refractivity contribution in [3.63, 3.8) is 0 Å². The number of carbonyl (C=O) groups excluding carboxylic acids is 1. The van der Waals surface area contributed by atoms with Crippen LogP contribution in [0.5, 0.6) is 5.75 Å². The zero-order valence-electron chi connectivity index (χ0n) is 13.9. The van der Waals surface area contributed by atoms with Gasteiger partial charge in [-0.2, -0.15) is 0 Å². The smallest absolute Gasteiger partial charge is 0.261 e. The maximum Gasteiger partial charge on any atom is 0.261 e. The van der Waals surface area contributed by atoms with E-state index < -0.39 is 0 Å². The number of hydrogen-bond acceptors (Lipinski definition) is 4. The van der Waals surface area contributed by atoms with Crippen molar-refractivity contribution in [1.29, 1.82) is 0 Å². The van der Waals surface area contributed by atoms with E-state index in [1.165, 1.54) is 11.3 Å². The Bertz CT molecular complexity index is 609. The Labute approximate surface area is 142 Å². The van der Waals surface area contributed by atoms with Gasteiger partial charge in [0.2, 0.25) is 0 Å². The molecule has 1 heterocycles. The zero-order chi connectivity index (χ0) is 16.7. The lowest BCUT2D eigenvalue weighted by Crippen LogP contribution is -2.37. The molecule has 0 spiro atoms. The summed E-state index contributed by atoms with van der Waals surface area (Å²) < 4.78 is 5.33. The second kappa shape index (κ2) is 8.70.